The molecule has 0 radical (unpaired) electrons. The highest BCUT2D eigenvalue weighted by molar-refractivity contribution is 6.34. The highest BCUT2D eigenvalue weighted by Crippen LogP contribution is 2.23. The van der Waals surface area contributed by atoms with Gasteiger partial charge < -0.3 is 21.6 Å². The minimum absolute atomic E-state index is 0.0224. The van der Waals surface area contributed by atoms with Crippen molar-refractivity contribution in [3.63, 3.8) is 0 Å². The lowest BCUT2D eigenvalue weighted by Gasteiger charge is -2.06. The Hall–Kier alpha value is -1.33. The molecule has 5 nitrogen and oxygen atoms in total. The minimum Gasteiger partial charge on any atom is -0.492 e. The average molecular weight is 263 g/mol. The molecule has 1 aromatic rings. The molecule has 0 spiro atoms. The van der Waals surface area contributed by atoms with Gasteiger partial charge in [-0.05, 0) is 18.2 Å². The molecular weight excluding hydrogens is 251 g/mol. The van der Waals surface area contributed by atoms with Gasteiger partial charge in [-0.25, -0.2) is 0 Å². The van der Waals surface area contributed by atoms with Crippen LogP contribution in [0.3, 0.4) is 0 Å². The molecule has 0 saturated heterocycles. The number of guanidine groups is 1. The van der Waals surface area contributed by atoms with Crippen LogP contribution in [-0.4, -0.2) is 19.1 Å². The van der Waals surface area contributed by atoms with E-state index in [2.05, 4.69) is 10.5 Å². The summed E-state index contributed by atoms with van der Waals surface area (Å²) in [5.74, 6) is 0.579. The molecule has 0 amide bonds. The Morgan fingerprint density at radius 1 is 1.25 bits per heavy atom. The zero-order valence-electron chi connectivity index (χ0n) is 8.41. The van der Waals surface area contributed by atoms with E-state index in [9.17, 15) is 0 Å². The Labute approximate surface area is 103 Å². The fourth-order valence-electron chi connectivity index (χ4n) is 0.974. The van der Waals surface area contributed by atoms with Crippen LogP contribution in [-0.2, 0) is 0 Å². The Morgan fingerprint density at radius 3 is 2.44 bits per heavy atom. The number of benzene rings is 1. The molecule has 0 saturated carbocycles. The molecule has 0 aromatic heterocycles. The highest BCUT2D eigenvalue weighted by Gasteiger charge is 1.98. The predicted octanol–water partition coefficient (Wildman–Crippen LogP) is 1.15. The van der Waals surface area contributed by atoms with Gasteiger partial charge in [0.1, 0.15) is 12.4 Å². The van der Waals surface area contributed by atoms with E-state index in [0.717, 1.165) is 0 Å². The van der Waals surface area contributed by atoms with Gasteiger partial charge in [0, 0.05) is 10.0 Å². The number of nitrogens with two attached hydrogens (primary N) is 2. The lowest BCUT2D eigenvalue weighted by Crippen LogP contribution is -2.27. The highest BCUT2D eigenvalue weighted by atomic mass is 35.5. The monoisotopic (exact) mass is 262 g/mol. The largest absolute Gasteiger partial charge is 0.492 e. The van der Waals surface area contributed by atoms with E-state index in [1.165, 1.54) is 0 Å². The molecule has 5 N–H and O–H groups in total. The van der Waals surface area contributed by atoms with Crippen molar-refractivity contribution in [1.82, 2.24) is 5.43 Å². The fourth-order valence-corrected chi connectivity index (χ4v) is 1.48. The first-order valence-corrected chi connectivity index (χ1v) is 5.24. The summed E-state index contributed by atoms with van der Waals surface area (Å²) >= 11 is 11.6. The third-order valence-electron chi connectivity index (χ3n) is 1.53. The molecule has 0 atom stereocenters. The quantitative estimate of drug-likeness (QED) is 0.322. The van der Waals surface area contributed by atoms with Crippen molar-refractivity contribution in [3.8, 4) is 5.75 Å². The van der Waals surface area contributed by atoms with Crippen molar-refractivity contribution in [2.45, 2.75) is 0 Å². The molecule has 1 rings (SSSR count). The van der Waals surface area contributed by atoms with Gasteiger partial charge in [-0.3, -0.25) is 0 Å². The van der Waals surface area contributed by atoms with Gasteiger partial charge in [0.25, 0.3) is 0 Å². The molecule has 0 aliphatic carbocycles. The SMILES string of the molecule is NC(N)=NNCCOc1cc(Cl)cc(Cl)c1. The second-order valence-corrected chi connectivity index (χ2v) is 3.77. The van der Waals surface area contributed by atoms with Crippen molar-refractivity contribution in [2.24, 2.45) is 16.6 Å². The molecule has 0 unspecified atom stereocenters. The number of hydrogen-bond acceptors (Lipinski definition) is 3. The molecule has 0 aliphatic rings. The summed E-state index contributed by atoms with van der Waals surface area (Å²) in [4.78, 5) is 0. The number of ether oxygens (including phenoxy) is 1. The van der Waals surface area contributed by atoms with Crippen LogP contribution < -0.4 is 21.6 Å². The number of rotatable bonds is 5. The molecule has 88 valence electrons. The summed E-state index contributed by atoms with van der Waals surface area (Å²) in [5.41, 5.74) is 12.9. The van der Waals surface area contributed by atoms with Crippen LogP contribution in [0.2, 0.25) is 10.0 Å². The standard InChI is InChI=1S/C9H12Cl2N4O/c10-6-3-7(11)5-8(4-6)16-2-1-14-15-9(12)13/h3-5,14H,1-2H2,(H4,12,13,15). The Kier molecular flexibility index (Phi) is 5.01. The molecule has 7 heteroatoms. The maximum absolute atomic E-state index is 5.80. The van der Waals surface area contributed by atoms with E-state index in [-0.39, 0.29) is 5.96 Å². The summed E-state index contributed by atoms with van der Waals surface area (Å²) in [6.45, 7) is 0.871. The number of nitrogens with zero attached hydrogens (tertiary/aromatic N) is 1. The molecule has 0 fully saturated rings. The zero-order valence-corrected chi connectivity index (χ0v) is 9.92. The molecular formula is C9H12Cl2N4O. The van der Waals surface area contributed by atoms with Crippen LogP contribution in [0.5, 0.6) is 5.75 Å². The molecule has 1 aromatic carbocycles. The van der Waals surface area contributed by atoms with Gasteiger partial charge in [0.2, 0.25) is 5.96 Å². The number of halogens is 2. The van der Waals surface area contributed by atoms with Crippen molar-refractivity contribution < 1.29 is 4.74 Å². The first-order valence-electron chi connectivity index (χ1n) is 4.48. The average Bonchev–Trinajstić information content (AvgIpc) is 2.15. The first-order chi connectivity index (χ1) is 7.58. The van der Waals surface area contributed by atoms with E-state index < -0.39 is 0 Å². The maximum Gasteiger partial charge on any atom is 0.208 e. The fraction of sp³-hybridized carbons (Fsp3) is 0.222. The van der Waals surface area contributed by atoms with Gasteiger partial charge in [-0.15, -0.1) is 5.10 Å². The summed E-state index contributed by atoms with van der Waals surface area (Å²) in [7, 11) is 0. The summed E-state index contributed by atoms with van der Waals surface area (Å²) in [6, 6.07) is 4.98. The van der Waals surface area contributed by atoms with Crippen LogP contribution in [0.4, 0.5) is 0 Å². The molecule has 16 heavy (non-hydrogen) atoms. The lowest BCUT2D eigenvalue weighted by atomic mass is 10.3. The van der Waals surface area contributed by atoms with E-state index in [1.807, 2.05) is 0 Å². The van der Waals surface area contributed by atoms with E-state index in [0.29, 0.717) is 28.9 Å². The van der Waals surface area contributed by atoms with Crippen molar-refractivity contribution >= 4 is 29.2 Å². The third-order valence-corrected chi connectivity index (χ3v) is 1.96. The van der Waals surface area contributed by atoms with Gasteiger partial charge in [-0.2, -0.15) is 0 Å². The second-order valence-electron chi connectivity index (χ2n) is 2.90. The molecule has 0 heterocycles. The molecule has 0 aliphatic heterocycles. The Balaban J connectivity index is 2.34. The van der Waals surface area contributed by atoms with Gasteiger partial charge in [0.05, 0.1) is 6.54 Å². The van der Waals surface area contributed by atoms with Gasteiger partial charge >= 0.3 is 0 Å². The predicted molar refractivity (Wildman–Crippen MR) is 65.8 cm³/mol. The van der Waals surface area contributed by atoms with Crippen LogP contribution in [0.25, 0.3) is 0 Å². The number of nitrogens with one attached hydrogen (secondary N) is 1. The summed E-state index contributed by atoms with van der Waals surface area (Å²) < 4.78 is 5.37. The summed E-state index contributed by atoms with van der Waals surface area (Å²) in [6.07, 6.45) is 0. The Morgan fingerprint density at radius 2 is 1.88 bits per heavy atom. The van der Waals surface area contributed by atoms with Crippen LogP contribution >= 0.6 is 23.2 Å². The van der Waals surface area contributed by atoms with Gasteiger partial charge in [-0.1, -0.05) is 23.2 Å². The van der Waals surface area contributed by atoms with Crippen molar-refractivity contribution in [3.05, 3.63) is 28.2 Å². The third kappa shape index (κ3) is 4.95. The van der Waals surface area contributed by atoms with Crippen molar-refractivity contribution in [1.29, 1.82) is 0 Å². The minimum atomic E-state index is -0.0224. The van der Waals surface area contributed by atoms with Crippen LogP contribution in [0.1, 0.15) is 0 Å². The summed E-state index contributed by atoms with van der Waals surface area (Å²) in [5, 5.41) is 4.64. The Bertz CT molecular complexity index is 360. The van der Waals surface area contributed by atoms with Crippen LogP contribution in [0, 0.1) is 0 Å². The smallest absolute Gasteiger partial charge is 0.208 e. The van der Waals surface area contributed by atoms with E-state index in [1.54, 1.807) is 18.2 Å². The second kappa shape index (κ2) is 6.30. The zero-order chi connectivity index (χ0) is 12.0. The van der Waals surface area contributed by atoms with E-state index in [4.69, 9.17) is 39.4 Å². The van der Waals surface area contributed by atoms with Gasteiger partial charge in [0.15, 0.2) is 0 Å². The normalized spacial score (nSPS) is 9.62. The van der Waals surface area contributed by atoms with E-state index >= 15 is 0 Å². The van der Waals surface area contributed by atoms with Crippen molar-refractivity contribution in [2.75, 3.05) is 13.2 Å². The number of hydrogen-bond donors (Lipinski definition) is 3. The topological polar surface area (TPSA) is 85.7 Å². The van der Waals surface area contributed by atoms with Crippen LogP contribution in [0.15, 0.2) is 23.3 Å². The molecule has 0 bridgehead atoms. The first kappa shape index (κ1) is 12.7. The lowest BCUT2D eigenvalue weighted by molar-refractivity contribution is 0.315. The maximum atomic E-state index is 5.80. The number of hydrazone groups is 1.